The summed E-state index contributed by atoms with van der Waals surface area (Å²) in [6, 6.07) is 86.2. The SMILES string of the molecule is c1ccc(-c2cccc(N(c3ccc(-c4ccc5c6ccccc6c6ccccc6c5c4)cc3)c3cccc(-c4cccc(-c5cccc6ccccc56)c4)c3)c2)cc1. The van der Waals surface area contributed by atoms with Gasteiger partial charge in [-0.25, -0.2) is 0 Å². The highest BCUT2D eigenvalue weighted by Gasteiger charge is 2.16. The zero-order valence-electron chi connectivity index (χ0n) is 32.5. The number of hydrogen-bond donors (Lipinski definition) is 0. The molecule has 0 atom stereocenters. The summed E-state index contributed by atoms with van der Waals surface area (Å²) in [5, 5.41) is 10.2. The third-order valence-electron chi connectivity index (χ3n) is 11.8. The van der Waals surface area contributed by atoms with E-state index >= 15 is 0 Å². The molecule has 0 N–H and O–H groups in total. The van der Waals surface area contributed by atoms with Gasteiger partial charge in [-0.3, -0.25) is 0 Å². The molecule has 0 aliphatic rings. The Hall–Kier alpha value is -7.74. The molecule has 0 bridgehead atoms. The van der Waals surface area contributed by atoms with Gasteiger partial charge in [-0.05, 0) is 136 Å². The molecule has 0 amide bonds. The summed E-state index contributed by atoms with van der Waals surface area (Å²) < 4.78 is 0. The molecule has 11 aromatic carbocycles. The highest BCUT2D eigenvalue weighted by atomic mass is 15.1. The first-order valence-electron chi connectivity index (χ1n) is 20.3. The van der Waals surface area contributed by atoms with Gasteiger partial charge in [0.1, 0.15) is 0 Å². The molecule has 1 nitrogen and oxygen atoms in total. The normalized spacial score (nSPS) is 11.4. The molecule has 276 valence electrons. The van der Waals surface area contributed by atoms with Crippen LogP contribution in [-0.2, 0) is 0 Å². The Morgan fingerprint density at radius 2 is 0.627 bits per heavy atom. The molecule has 11 aromatic rings. The molecule has 0 unspecified atom stereocenters. The summed E-state index contributed by atoms with van der Waals surface area (Å²) >= 11 is 0. The van der Waals surface area contributed by atoms with Gasteiger partial charge in [0.25, 0.3) is 0 Å². The standard InChI is InChI=1S/C58H39N/c1-2-14-40(15-3-1)44-19-11-22-49(37-44)59(50-23-12-20-45(38-50)43-18-10-21-47(36-43)52-29-13-17-42-16-4-5-24-51(42)52)48-33-30-41(31-34-48)46-32-35-57-55-27-7-6-25-53(55)54-26-8-9-28-56(54)58(57)39-46/h1-39H. The lowest BCUT2D eigenvalue weighted by atomic mass is 9.92. The summed E-state index contributed by atoms with van der Waals surface area (Å²) in [6.07, 6.45) is 0. The van der Waals surface area contributed by atoms with Crippen LogP contribution < -0.4 is 4.90 Å². The minimum Gasteiger partial charge on any atom is -0.310 e. The second-order valence-electron chi connectivity index (χ2n) is 15.3. The fraction of sp³-hybridized carbons (Fsp3) is 0. The molecule has 59 heavy (non-hydrogen) atoms. The van der Waals surface area contributed by atoms with E-state index in [-0.39, 0.29) is 0 Å². The average Bonchev–Trinajstić information content (AvgIpc) is 3.32. The Balaban J connectivity index is 1.01. The van der Waals surface area contributed by atoms with Crippen LogP contribution in [0.4, 0.5) is 17.1 Å². The van der Waals surface area contributed by atoms with Crippen LogP contribution in [0.2, 0.25) is 0 Å². The van der Waals surface area contributed by atoms with Crippen LogP contribution in [-0.4, -0.2) is 0 Å². The third kappa shape index (κ3) is 6.30. The van der Waals surface area contributed by atoms with Crippen molar-refractivity contribution < 1.29 is 0 Å². The quantitative estimate of drug-likeness (QED) is 0.147. The van der Waals surface area contributed by atoms with Crippen molar-refractivity contribution in [1.82, 2.24) is 0 Å². The van der Waals surface area contributed by atoms with Crippen molar-refractivity contribution in [2.24, 2.45) is 0 Å². The molecule has 0 saturated carbocycles. The van der Waals surface area contributed by atoms with Crippen molar-refractivity contribution in [3.05, 3.63) is 237 Å². The predicted octanol–water partition coefficient (Wildman–Crippen LogP) is 16.4. The van der Waals surface area contributed by atoms with Crippen molar-refractivity contribution in [2.75, 3.05) is 4.90 Å². The Labute approximate surface area is 344 Å². The zero-order valence-corrected chi connectivity index (χ0v) is 32.5. The van der Waals surface area contributed by atoms with E-state index in [4.69, 9.17) is 0 Å². The summed E-state index contributed by atoms with van der Waals surface area (Å²) in [5.74, 6) is 0. The van der Waals surface area contributed by atoms with Gasteiger partial charge in [0.2, 0.25) is 0 Å². The first-order valence-corrected chi connectivity index (χ1v) is 20.3. The Morgan fingerprint density at radius 1 is 0.203 bits per heavy atom. The molecule has 0 radical (unpaired) electrons. The first kappa shape index (κ1) is 34.5. The summed E-state index contributed by atoms with van der Waals surface area (Å²) in [5.41, 5.74) is 12.9. The lowest BCUT2D eigenvalue weighted by Gasteiger charge is -2.27. The van der Waals surface area contributed by atoms with Gasteiger partial charge < -0.3 is 4.90 Å². The van der Waals surface area contributed by atoms with Gasteiger partial charge in [-0.2, -0.15) is 0 Å². The first-order chi connectivity index (χ1) is 29.2. The smallest absolute Gasteiger partial charge is 0.0467 e. The van der Waals surface area contributed by atoms with Crippen LogP contribution in [0.1, 0.15) is 0 Å². The monoisotopic (exact) mass is 749 g/mol. The van der Waals surface area contributed by atoms with Crippen LogP contribution >= 0.6 is 0 Å². The minimum absolute atomic E-state index is 1.10. The van der Waals surface area contributed by atoms with Crippen molar-refractivity contribution >= 4 is 60.2 Å². The third-order valence-corrected chi connectivity index (χ3v) is 11.8. The van der Waals surface area contributed by atoms with Crippen LogP contribution in [0, 0.1) is 0 Å². The summed E-state index contributed by atoms with van der Waals surface area (Å²) in [4.78, 5) is 2.38. The van der Waals surface area contributed by atoms with E-state index in [0.29, 0.717) is 0 Å². The van der Waals surface area contributed by atoms with Crippen LogP contribution in [0.15, 0.2) is 237 Å². The number of anilines is 3. The maximum absolute atomic E-state index is 2.38. The lowest BCUT2D eigenvalue weighted by Crippen LogP contribution is -2.10. The molecule has 0 heterocycles. The van der Waals surface area contributed by atoms with E-state index in [9.17, 15) is 0 Å². The number of fused-ring (bicyclic) bond motifs is 7. The Bertz CT molecular complexity index is 3280. The molecular formula is C58H39N. The van der Waals surface area contributed by atoms with Gasteiger partial charge in [0.05, 0.1) is 0 Å². The zero-order chi connectivity index (χ0) is 39.1. The molecule has 1 heteroatoms. The van der Waals surface area contributed by atoms with Crippen molar-refractivity contribution in [3.63, 3.8) is 0 Å². The van der Waals surface area contributed by atoms with Crippen molar-refractivity contribution in [1.29, 1.82) is 0 Å². The van der Waals surface area contributed by atoms with E-state index in [0.717, 1.165) is 17.1 Å². The number of benzene rings is 11. The summed E-state index contributed by atoms with van der Waals surface area (Å²) in [6.45, 7) is 0. The number of hydrogen-bond acceptors (Lipinski definition) is 1. The van der Waals surface area contributed by atoms with E-state index in [1.165, 1.54) is 87.6 Å². The second kappa shape index (κ2) is 14.6. The van der Waals surface area contributed by atoms with Gasteiger partial charge >= 0.3 is 0 Å². The molecule has 11 rings (SSSR count). The lowest BCUT2D eigenvalue weighted by molar-refractivity contribution is 1.28. The second-order valence-corrected chi connectivity index (χ2v) is 15.3. The molecular weight excluding hydrogens is 711 g/mol. The maximum atomic E-state index is 2.38. The van der Waals surface area contributed by atoms with Gasteiger partial charge in [-0.1, -0.05) is 188 Å². The molecule has 0 aliphatic heterocycles. The Kier molecular flexibility index (Phi) is 8.56. The van der Waals surface area contributed by atoms with Gasteiger partial charge in [-0.15, -0.1) is 0 Å². The van der Waals surface area contributed by atoms with Gasteiger partial charge in [0.15, 0.2) is 0 Å². The van der Waals surface area contributed by atoms with Crippen LogP contribution in [0.3, 0.4) is 0 Å². The largest absolute Gasteiger partial charge is 0.310 e. The fourth-order valence-corrected chi connectivity index (χ4v) is 8.96. The highest BCUT2D eigenvalue weighted by Crippen LogP contribution is 2.41. The minimum atomic E-state index is 1.10. The van der Waals surface area contributed by atoms with Crippen molar-refractivity contribution in [2.45, 2.75) is 0 Å². The number of rotatable bonds is 7. The maximum Gasteiger partial charge on any atom is 0.0467 e. The van der Waals surface area contributed by atoms with E-state index in [1.54, 1.807) is 0 Å². The van der Waals surface area contributed by atoms with E-state index < -0.39 is 0 Å². The van der Waals surface area contributed by atoms with Crippen LogP contribution in [0.25, 0.3) is 87.6 Å². The average molecular weight is 750 g/mol. The predicted molar refractivity (Wildman–Crippen MR) is 253 cm³/mol. The molecule has 0 spiro atoms. The van der Waals surface area contributed by atoms with Crippen LogP contribution in [0.5, 0.6) is 0 Å². The van der Waals surface area contributed by atoms with E-state index in [2.05, 4.69) is 241 Å². The van der Waals surface area contributed by atoms with E-state index in [1.807, 2.05) is 0 Å². The fourth-order valence-electron chi connectivity index (χ4n) is 8.96. The Morgan fingerprint density at radius 3 is 1.31 bits per heavy atom. The molecule has 0 saturated heterocycles. The summed E-state index contributed by atoms with van der Waals surface area (Å²) in [7, 11) is 0. The molecule has 0 aromatic heterocycles. The van der Waals surface area contributed by atoms with Gasteiger partial charge in [0, 0.05) is 17.1 Å². The number of nitrogens with zero attached hydrogens (tertiary/aromatic N) is 1. The molecule has 0 fully saturated rings. The topological polar surface area (TPSA) is 3.24 Å². The highest BCUT2D eigenvalue weighted by molar-refractivity contribution is 6.25. The van der Waals surface area contributed by atoms with Crippen molar-refractivity contribution in [3.8, 4) is 44.5 Å². The molecule has 0 aliphatic carbocycles.